The van der Waals surface area contributed by atoms with Crippen molar-refractivity contribution in [3.63, 3.8) is 0 Å². The molecule has 16 heavy (non-hydrogen) atoms. The minimum atomic E-state index is 0.138. The normalized spacial score (nSPS) is 10.8. The summed E-state index contributed by atoms with van der Waals surface area (Å²) in [5.74, 6) is 0.138. The van der Waals surface area contributed by atoms with Crippen LogP contribution in [0.4, 0.5) is 0 Å². The van der Waals surface area contributed by atoms with E-state index < -0.39 is 0 Å². The molecule has 1 aromatic heterocycles. The van der Waals surface area contributed by atoms with Gasteiger partial charge in [-0.05, 0) is 30.3 Å². The summed E-state index contributed by atoms with van der Waals surface area (Å²) in [5, 5.41) is 18.2. The van der Waals surface area contributed by atoms with Gasteiger partial charge in [-0.15, -0.1) is 15.0 Å². The molecule has 0 aliphatic carbocycles. The Morgan fingerprint density at radius 3 is 2.38 bits per heavy atom. The summed E-state index contributed by atoms with van der Waals surface area (Å²) in [6.07, 6.45) is 0. The van der Waals surface area contributed by atoms with Gasteiger partial charge in [0.15, 0.2) is 0 Å². The highest BCUT2D eigenvalue weighted by atomic mass is 16.3. The number of benzene rings is 2. The van der Waals surface area contributed by atoms with Gasteiger partial charge in [0.1, 0.15) is 22.5 Å². The van der Waals surface area contributed by atoms with Crippen molar-refractivity contribution in [2.45, 2.75) is 0 Å². The Morgan fingerprint density at radius 2 is 1.75 bits per heavy atom. The first-order valence-electron chi connectivity index (χ1n) is 4.86. The van der Waals surface area contributed by atoms with Crippen LogP contribution in [0.2, 0.25) is 0 Å². The predicted molar refractivity (Wildman–Crippen MR) is 59.4 cm³/mol. The molecule has 0 bridgehead atoms. The number of phenolic OH excluding ortho intramolecular Hbond substituents is 1. The molecule has 0 spiro atoms. The fourth-order valence-corrected chi connectivity index (χ4v) is 1.54. The highest BCUT2D eigenvalue weighted by molar-refractivity contribution is 5.73. The zero-order valence-corrected chi connectivity index (χ0v) is 8.33. The molecule has 3 rings (SSSR count). The van der Waals surface area contributed by atoms with E-state index in [0.717, 1.165) is 11.0 Å². The topological polar surface area (TPSA) is 50.9 Å². The zero-order chi connectivity index (χ0) is 11.0. The number of rotatable bonds is 1. The second kappa shape index (κ2) is 3.34. The molecule has 77 valence electrons. The maximum Gasteiger partial charge on any atom is 0.143 e. The van der Waals surface area contributed by atoms with Gasteiger partial charge in [-0.2, -0.15) is 0 Å². The van der Waals surface area contributed by atoms with E-state index in [1.807, 2.05) is 24.3 Å². The first-order valence-corrected chi connectivity index (χ1v) is 4.86. The number of hydrogen-bond acceptors (Lipinski definition) is 3. The summed E-state index contributed by atoms with van der Waals surface area (Å²) in [7, 11) is 0. The molecule has 0 aliphatic heterocycles. The average Bonchev–Trinajstić information content (AvgIpc) is 2.73. The number of fused-ring (bicyclic) bond motifs is 1. The van der Waals surface area contributed by atoms with Crippen molar-refractivity contribution in [2.75, 3.05) is 0 Å². The van der Waals surface area contributed by atoms with E-state index >= 15 is 0 Å². The minimum Gasteiger partial charge on any atom is -0.506 e. The maximum atomic E-state index is 9.67. The number of phenols is 1. The highest BCUT2D eigenvalue weighted by Gasteiger charge is 2.06. The summed E-state index contributed by atoms with van der Waals surface area (Å²) >= 11 is 0. The van der Waals surface area contributed by atoms with Crippen LogP contribution in [0.5, 0.6) is 5.75 Å². The smallest absolute Gasteiger partial charge is 0.143 e. The molecule has 0 atom stereocenters. The molecule has 1 radical (unpaired) electrons. The van der Waals surface area contributed by atoms with Crippen LogP contribution in [0.3, 0.4) is 0 Å². The molecule has 2 aromatic carbocycles. The van der Waals surface area contributed by atoms with Crippen molar-refractivity contribution in [3.05, 3.63) is 48.5 Å². The van der Waals surface area contributed by atoms with E-state index in [0.29, 0.717) is 5.69 Å². The number of hydrogen-bond donors (Lipinski definition) is 1. The van der Waals surface area contributed by atoms with Crippen molar-refractivity contribution in [1.82, 2.24) is 15.0 Å². The summed E-state index contributed by atoms with van der Waals surface area (Å²) < 4.78 is 0. The molecule has 0 fully saturated rings. The molecular weight excluding hydrogens is 202 g/mol. The van der Waals surface area contributed by atoms with E-state index in [1.165, 1.54) is 4.80 Å². The van der Waals surface area contributed by atoms with E-state index in [2.05, 4.69) is 16.3 Å². The summed E-state index contributed by atoms with van der Waals surface area (Å²) in [6.45, 7) is 0. The van der Waals surface area contributed by atoms with Gasteiger partial charge in [0.05, 0.1) is 0 Å². The quantitative estimate of drug-likeness (QED) is 0.667. The third-order valence-electron chi connectivity index (χ3n) is 2.32. The molecule has 4 nitrogen and oxygen atoms in total. The lowest BCUT2D eigenvalue weighted by molar-refractivity contribution is 0.468. The maximum absolute atomic E-state index is 9.67. The van der Waals surface area contributed by atoms with Crippen molar-refractivity contribution in [2.24, 2.45) is 0 Å². The van der Waals surface area contributed by atoms with Gasteiger partial charge in [-0.1, -0.05) is 18.2 Å². The lowest BCUT2D eigenvalue weighted by Crippen LogP contribution is -1.98. The molecule has 1 N–H and O–H groups in total. The Kier molecular flexibility index (Phi) is 1.86. The summed E-state index contributed by atoms with van der Waals surface area (Å²) in [5.41, 5.74) is 2.12. The molecule has 0 aliphatic rings. The minimum absolute atomic E-state index is 0.138. The molecule has 0 saturated heterocycles. The van der Waals surface area contributed by atoms with Gasteiger partial charge in [0.2, 0.25) is 0 Å². The van der Waals surface area contributed by atoms with Crippen molar-refractivity contribution >= 4 is 11.0 Å². The Morgan fingerprint density at radius 1 is 1.06 bits per heavy atom. The first-order chi connectivity index (χ1) is 7.84. The van der Waals surface area contributed by atoms with Gasteiger partial charge < -0.3 is 5.11 Å². The van der Waals surface area contributed by atoms with E-state index in [-0.39, 0.29) is 5.75 Å². The molecule has 0 amide bonds. The molecule has 0 saturated carbocycles. The molecule has 0 unspecified atom stereocenters. The SMILES string of the molecule is Oc1cc[c]cc1-n1nc2ccccc2n1. The molecule has 4 heteroatoms. The first kappa shape index (κ1) is 8.91. The van der Waals surface area contributed by atoms with Crippen molar-refractivity contribution < 1.29 is 5.11 Å². The van der Waals surface area contributed by atoms with Crippen LogP contribution in [0.1, 0.15) is 0 Å². The Labute approximate surface area is 91.8 Å². The Hall–Kier alpha value is -2.36. The molecule has 1 heterocycles. The van der Waals surface area contributed by atoms with Gasteiger partial charge >= 0.3 is 0 Å². The van der Waals surface area contributed by atoms with Crippen LogP contribution in [0, 0.1) is 6.07 Å². The van der Waals surface area contributed by atoms with Gasteiger partial charge in [-0.3, -0.25) is 0 Å². The van der Waals surface area contributed by atoms with Crippen LogP contribution in [-0.2, 0) is 0 Å². The van der Waals surface area contributed by atoms with Gasteiger partial charge in [-0.25, -0.2) is 0 Å². The van der Waals surface area contributed by atoms with Crippen molar-refractivity contribution in [1.29, 1.82) is 0 Å². The predicted octanol–water partition coefficient (Wildman–Crippen LogP) is 1.93. The van der Waals surface area contributed by atoms with Crippen LogP contribution in [0.15, 0.2) is 42.5 Å². The fourth-order valence-electron chi connectivity index (χ4n) is 1.54. The third-order valence-corrected chi connectivity index (χ3v) is 2.32. The number of aromatic nitrogens is 3. The standard InChI is InChI=1S/C12H8N3O/c16-12-8-4-3-7-11(12)15-13-9-5-1-2-6-10(9)14-15/h1-2,4-8,16H. The number of aromatic hydroxyl groups is 1. The van der Waals surface area contributed by atoms with Gasteiger partial charge in [0.25, 0.3) is 0 Å². The lowest BCUT2D eigenvalue weighted by atomic mass is 10.3. The Bertz CT molecular complexity index is 612. The lowest BCUT2D eigenvalue weighted by Gasteiger charge is -2.00. The van der Waals surface area contributed by atoms with Crippen LogP contribution >= 0.6 is 0 Å². The zero-order valence-electron chi connectivity index (χ0n) is 8.33. The van der Waals surface area contributed by atoms with E-state index in [9.17, 15) is 5.11 Å². The summed E-state index contributed by atoms with van der Waals surface area (Å²) in [4.78, 5) is 1.41. The largest absolute Gasteiger partial charge is 0.506 e. The highest BCUT2D eigenvalue weighted by Crippen LogP contribution is 2.20. The van der Waals surface area contributed by atoms with E-state index in [1.54, 1.807) is 18.2 Å². The van der Waals surface area contributed by atoms with Crippen LogP contribution in [0.25, 0.3) is 16.7 Å². The van der Waals surface area contributed by atoms with E-state index in [4.69, 9.17) is 0 Å². The third kappa shape index (κ3) is 1.32. The van der Waals surface area contributed by atoms with Gasteiger partial charge in [0, 0.05) is 0 Å². The number of nitrogens with zero attached hydrogens (tertiary/aromatic N) is 3. The average molecular weight is 210 g/mol. The molecular formula is C12H8N3O. The Balaban J connectivity index is 2.23. The fraction of sp³-hybridized carbons (Fsp3) is 0. The molecule has 3 aromatic rings. The van der Waals surface area contributed by atoms with Crippen molar-refractivity contribution in [3.8, 4) is 11.4 Å². The monoisotopic (exact) mass is 210 g/mol. The van der Waals surface area contributed by atoms with Crippen LogP contribution in [-0.4, -0.2) is 20.1 Å². The van der Waals surface area contributed by atoms with Crippen LogP contribution < -0.4 is 0 Å². The second-order valence-electron chi connectivity index (χ2n) is 3.39. The second-order valence-corrected chi connectivity index (χ2v) is 3.39. The summed E-state index contributed by atoms with van der Waals surface area (Å²) in [6, 6.07) is 15.3.